The molecule has 0 aliphatic heterocycles. The molecular weight excluding hydrogens is 833 g/mol. The first-order chi connectivity index (χ1) is 17.4. The highest BCUT2D eigenvalue weighted by atomic mass is 127. The van der Waals surface area contributed by atoms with Crippen molar-refractivity contribution in [3.63, 3.8) is 0 Å². The van der Waals surface area contributed by atoms with Gasteiger partial charge in [0.05, 0.1) is 68.6 Å². The number of aliphatic hydroxyl groups excluding tert-OH is 5. The van der Waals surface area contributed by atoms with Gasteiger partial charge in [0, 0.05) is 37.4 Å². The summed E-state index contributed by atoms with van der Waals surface area (Å²) in [5.41, 5.74) is 0.446. The SMILES string of the molecule is COCC(O)CNCC(=O)N(C)c1c(I)c(C(=O)NCC(O)CO)c(I)c(C(=O)NCC(O)CO)c1I. The number of benzene rings is 1. The third-order valence-corrected chi connectivity index (χ3v) is 8.07. The minimum Gasteiger partial charge on any atom is -0.394 e. The van der Waals surface area contributed by atoms with Crippen molar-refractivity contribution in [1.29, 1.82) is 0 Å². The van der Waals surface area contributed by atoms with E-state index < -0.39 is 49.2 Å². The fraction of sp³-hybridized carbons (Fsp3) is 0.571. The van der Waals surface area contributed by atoms with E-state index in [-0.39, 0.29) is 53.2 Å². The van der Waals surface area contributed by atoms with Gasteiger partial charge in [0.25, 0.3) is 11.8 Å². The maximum absolute atomic E-state index is 13.1. The first-order valence-corrected chi connectivity index (χ1v) is 14.1. The van der Waals surface area contributed by atoms with Crippen LogP contribution in [0.25, 0.3) is 0 Å². The molecule has 16 heteroatoms. The van der Waals surface area contributed by atoms with E-state index in [0.29, 0.717) is 7.14 Å². The third kappa shape index (κ3) is 10.2. The first kappa shape index (κ1) is 34.6. The summed E-state index contributed by atoms with van der Waals surface area (Å²) < 4.78 is 5.85. The minimum atomic E-state index is -1.19. The van der Waals surface area contributed by atoms with Crippen molar-refractivity contribution >= 4 is 91.2 Å². The number of aliphatic hydroxyl groups is 5. The number of likely N-dealkylation sites (N-methyl/N-ethyl adjacent to an activating group) is 1. The van der Waals surface area contributed by atoms with Crippen LogP contribution in [-0.2, 0) is 9.53 Å². The van der Waals surface area contributed by atoms with Crippen LogP contribution in [0.4, 0.5) is 5.69 Å². The van der Waals surface area contributed by atoms with Gasteiger partial charge in [0.1, 0.15) is 0 Å². The number of nitrogens with zero attached hydrogens (tertiary/aromatic N) is 1. The number of carbonyl (C=O) groups excluding carboxylic acids is 3. The second-order valence-electron chi connectivity index (χ2n) is 7.83. The highest BCUT2D eigenvalue weighted by Gasteiger charge is 2.31. The van der Waals surface area contributed by atoms with Gasteiger partial charge in [-0.2, -0.15) is 0 Å². The molecule has 0 radical (unpaired) electrons. The Morgan fingerprint density at radius 3 is 1.70 bits per heavy atom. The van der Waals surface area contributed by atoms with Gasteiger partial charge in [0.15, 0.2) is 0 Å². The highest BCUT2D eigenvalue weighted by Crippen LogP contribution is 2.37. The van der Waals surface area contributed by atoms with Gasteiger partial charge in [0.2, 0.25) is 5.91 Å². The van der Waals surface area contributed by atoms with Gasteiger partial charge in [-0.05, 0) is 67.8 Å². The summed E-state index contributed by atoms with van der Waals surface area (Å²) in [5, 5.41) is 55.0. The average Bonchev–Trinajstić information content (AvgIpc) is 2.85. The molecule has 1 rings (SSSR count). The van der Waals surface area contributed by atoms with Crippen LogP contribution >= 0.6 is 67.8 Å². The molecule has 0 saturated carbocycles. The van der Waals surface area contributed by atoms with Crippen molar-refractivity contribution < 1.29 is 44.7 Å². The third-order valence-electron chi connectivity index (χ3n) is 4.89. The number of methoxy groups -OCH3 is 1. The Balaban J connectivity index is 3.45. The van der Waals surface area contributed by atoms with Crippen LogP contribution in [0.1, 0.15) is 20.7 Å². The van der Waals surface area contributed by atoms with Crippen LogP contribution in [0, 0.1) is 10.7 Å². The van der Waals surface area contributed by atoms with Crippen molar-refractivity contribution in [1.82, 2.24) is 16.0 Å². The predicted octanol–water partition coefficient (Wildman–Crippen LogP) is -1.77. The Bertz CT molecular complexity index is 901. The standard InChI is InChI=1S/C21H31I3N4O9/c1-28(13(34)6-25-3-12(33)9-37-2)19-17(23)14(20(35)26-4-10(31)7-29)16(22)15(18(19)24)21(36)27-5-11(32)8-30/h10-12,25,29-33H,3-9H2,1-2H3,(H,26,35)(H,27,36). The molecule has 3 unspecified atom stereocenters. The molecular formula is C21H31I3N4O9. The predicted molar refractivity (Wildman–Crippen MR) is 160 cm³/mol. The molecule has 0 saturated heterocycles. The Kier molecular flexibility index (Phi) is 16.1. The lowest BCUT2D eigenvalue weighted by Crippen LogP contribution is -2.41. The van der Waals surface area contributed by atoms with Crippen LogP contribution in [0.15, 0.2) is 0 Å². The van der Waals surface area contributed by atoms with Gasteiger partial charge in [-0.15, -0.1) is 0 Å². The summed E-state index contributed by atoms with van der Waals surface area (Å²) in [6.45, 7) is -1.55. The zero-order chi connectivity index (χ0) is 28.3. The lowest BCUT2D eigenvalue weighted by Gasteiger charge is -2.25. The monoisotopic (exact) mass is 864 g/mol. The lowest BCUT2D eigenvalue weighted by molar-refractivity contribution is -0.117. The van der Waals surface area contributed by atoms with E-state index in [1.807, 2.05) is 67.8 Å². The molecule has 0 aliphatic rings. The number of ether oxygens (including phenoxy) is 1. The highest BCUT2D eigenvalue weighted by molar-refractivity contribution is 14.1. The fourth-order valence-electron chi connectivity index (χ4n) is 2.91. The number of rotatable bonds is 15. The molecule has 13 nitrogen and oxygen atoms in total. The zero-order valence-corrected chi connectivity index (χ0v) is 26.6. The molecule has 1 aromatic carbocycles. The van der Waals surface area contributed by atoms with E-state index in [2.05, 4.69) is 16.0 Å². The summed E-state index contributed by atoms with van der Waals surface area (Å²) in [7, 11) is 2.93. The molecule has 210 valence electrons. The topological polar surface area (TPSA) is 201 Å². The van der Waals surface area contributed by atoms with E-state index in [1.165, 1.54) is 19.1 Å². The van der Waals surface area contributed by atoms with Gasteiger partial charge in [-0.25, -0.2) is 0 Å². The van der Waals surface area contributed by atoms with Crippen molar-refractivity contribution in [3.8, 4) is 0 Å². The van der Waals surface area contributed by atoms with Crippen LogP contribution < -0.4 is 20.9 Å². The number of anilines is 1. The fourth-order valence-corrected chi connectivity index (χ4v) is 7.78. The van der Waals surface area contributed by atoms with E-state index in [1.54, 1.807) is 0 Å². The molecule has 0 bridgehead atoms. The quantitative estimate of drug-likeness (QED) is 0.0934. The van der Waals surface area contributed by atoms with Crippen molar-refractivity contribution in [2.24, 2.45) is 0 Å². The van der Waals surface area contributed by atoms with E-state index >= 15 is 0 Å². The van der Waals surface area contributed by atoms with Crippen molar-refractivity contribution in [3.05, 3.63) is 21.8 Å². The number of carbonyl (C=O) groups is 3. The lowest BCUT2D eigenvalue weighted by atomic mass is 10.1. The maximum Gasteiger partial charge on any atom is 0.253 e. The summed E-state index contributed by atoms with van der Waals surface area (Å²) in [6, 6.07) is 0. The number of hydrogen-bond acceptors (Lipinski definition) is 10. The minimum absolute atomic E-state index is 0.0812. The summed E-state index contributed by atoms with van der Waals surface area (Å²) in [6.07, 6.45) is -3.18. The van der Waals surface area contributed by atoms with Gasteiger partial charge >= 0.3 is 0 Å². The second-order valence-corrected chi connectivity index (χ2v) is 11.1. The first-order valence-electron chi connectivity index (χ1n) is 10.9. The van der Waals surface area contributed by atoms with Gasteiger partial charge < -0.3 is 51.1 Å². The molecule has 0 aliphatic carbocycles. The molecule has 0 fully saturated rings. The van der Waals surface area contributed by atoms with Crippen LogP contribution in [0.5, 0.6) is 0 Å². The molecule has 8 N–H and O–H groups in total. The number of hydrogen-bond donors (Lipinski definition) is 8. The zero-order valence-electron chi connectivity index (χ0n) is 20.1. The largest absolute Gasteiger partial charge is 0.394 e. The Morgan fingerprint density at radius 2 is 1.30 bits per heavy atom. The van der Waals surface area contributed by atoms with Gasteiger partial charge in [-0.1, -0.05) is 0 Å². The number of amides is 3. The number of nitrogens with one attached hydrogen (secondary N) is 3. The van der Waals surface area contributed by atoms with Crippen molar-refractivity contribution in [2.75, 3.05) is 65.1 Å². The molecule has 1 aromatic rings. The molecule has 3 amide bonds. The molecule has 37 heavy (non-hydrogen) atoms. The van der Waals surface area contributed by atoms with Gasteiger partial charge in [-0.3, -0.25) is 14.4 Å². The van der Waals surface area contributed by atoms with Crippen molar-refractivity contribution in [2.45, 2.75) is 18.3 Å². The smallest absolute Gasteiger partial charge is 0.253 e. The Morgan fingerprint density at radius 1 is 0.838 bits per heavy atom. The van der Waals surface area contributed by atoms with E-state index in [4.69, 9.17) is 14.9 Å². The van der Waals surface area contributed by atoms with Crippen LogP contribution in [0.2, 0.25) is 0 Å². The average molecular weight is 864 g/mol. The summed E-state index contributed by atoms with van der Waals surface area (Å²) in [5.74, 6) is -1.68. The van der Waals surface area contributed by atoms with Crippen LogP contribution in [-0.4, -0.2) is 122 Å². The Labute approximate surface area is 255 Å². The number of halogens is 3. The molecule has 0 spiro atoms. The summed E-state index contributed by atoms with van der Waals surface area (Å²) >= 11 is 5.64. The van der Waals surface area contributed by atoms with E-state index in [0.717, 1.165) is 0 Å². The Hall–Kier alpha value is -0.460. The van der Waals surface area contributed by atoms with E-state index in [9.17, 15) is 29.7 Å². The molecule has 3 atom stereocenters. The molecule has 0 aromatic heterocycles. The summed E-state index contributed by atoms with van der Waals surface area (Å²) in [4.78, 5) is 40.4. The maximum atomic E-state index is 13.1. The molecule has 0 heterocycles. The second kappa shape index (κ2) is 17.3. The normalized spacial score (nSPS) is 13.6. The van der Waals surface area contributed by atoms with Crippen LogP contribution in [0.3, 0.4) is 0 Å².